The minimum Gasteiger partial charge on any atom is -0.374 e. The highest BCUT2D eigenvalue weighted by Gasteiger charge is 2.19. The van der Waals surface area contributed by atoms with Gasteiger partial charge < -0.3 is 19.9 Å². The molecule has 160 valence electrons. The van der Waals surface area contributed by atoms with Crippen molar-refractivity contribution in [3.8, 4) is 0 Å². The minimum atomic E-state index is -0.444. The Morgan fingerprint density at radius 2 is 1.75 bits per heavy atom. The van der Waals surface area contributed by atoms with Crippen molar-refractivity contribution in [3.05, 3.63) is 103 Å². The van der Waals surface area contributed by atoms with Crippen molar-refractivity contribution in [2.45, 2.75) is 6.42 Å². The first-order chi connectivity index (χ1) is 15.5. The molecule has 4 aromatic rings. The molecule has 0 fully saturated rings. The largest absolute Gasteiger partial charge is 0.374 e. The number of benzene rings is 2. The third-order valence-electron chi connectivity index (χ3n) is 6.02. The smallest absolute Gasteiger partial charge is 0.262 e. The highest BCUT2D eigenvalue weighted by atomic mass is 16.1. The zero-order chi connectivity index (χ0) is 22.2. The number of para-hydroxylation sites is 1. The fourth-order valence-corrected chi connectivity index (χ4v) is 4.39. The number of hydrogen-bond acceptors (Lipinski definition) is 3. The molecular weight excluding hydrogens is 400 g/mol. The highest BCUT2D eigenvalue weighted by Crippen LogP contribution is 2.30. The van der Waals surface area contributed by atoms with E-state index in [1.165, 1.54) is 22.2 Å². The molecule has 0 saturated carbocycles. The normalized spacial score (nSPS) is 15.0. The number of aromatic amines is 3. The van der Waals surface area contributed by atoms with Crippen LogP contribution in [-0.4, -0.2) is 28.5 Å². The van der Waals surface area contributed by atoms with Crippen LogP contribution in [-0.2, 0) is 6.42 Å². The van der Waals surface area contributed by atoms with E-state index in [0.29, 0.717) is 5.92 Å². The van der Waals surface area contributed by atoms with Crippen molar-refractivity contribution in [2.24, 2.45) is 5.92 Å². The van der Waals surface area contributed by atoms with Gasteiger partial charge in [0.15, 0.2) is 0 Å². The molecule has 5 rings (SSSR count). The summed E-state index contributed by atoms with van der Waals surface area (Å²) in [6.07, 6.45) is 7.06. The molecule has 2 heterocycles. The third-order valence-corrected chi connectivity index (χ3v) is 6.02. The summed E-state index contributed by atoms with van der Waals surface area (Å²) in [6.45, 7) is 4.45. The van der Waals surface area contributed by atoms with Crippen molar-refractivity contribution < 1.29 is 0 Å². The lowest BCUT2D eigenvalue weighted by Gasteiger charge is -2.26. The second-order valence-electron chi connectivity index (χ2n) is 8.30. The van der Waals surface area contributed by atoms with E-state index < -0.39 is 11.1 Å². The van der Waals surface area contributed by atoms with Gasteiger partial charge in [0.2, 0.25) is 0 Å². The fraction of sp³-hybridized carbons (Fsp3) is 0.154. The lowest BCUT2D eigenvalue weighted by atomic mass is 9.91. The van der Waals surface area contributed by atoms with Crippen LogP contribution in [0.15, 0.2) is 64.2 Å². The van der Waals surface area contributed by atoms with Crippen LogP contribution in [0.3, 0.4) is 0 Å². The van der Waals surface area contributed by atoms with Crippen LogP contribution in [0, 0.1) is 5.92 Å². The predicted molar refractivity (Wildman–Crippen MR) is 130 cm³/mol. The van der Waals surface area contributed by atoms with Gasteiger partial charge in [0.1, 0.15) is 10.7 Å². The Labute approximate surface area is 184 Å². The van der Waals surface area contributed by atoms with Gasteiger partial charge in [0, 0.05) is 35.9 Å². The maximum atomic E-state index is 12.0. The summed E-state index contributed by atoms with van der Waals surface area (Å²) in [7, 11) is 2.08. The van der Waals surface area contributed by atoms with Gasteiger partial charge in [-0.05, 0) is 53.8 Å². The molecule has 0 bridgehead atoms. The quantitative estimate of drug-likeness (QED) is 0.469. The molecule has 2 aromatic carbocycles. The first kappa shape index (κ1) is 19.9. The monoisotopic (exact) mass is 424 g/mol. The molecule has 1 aliphatic rings. The van der Waals surface area contributed by atoms with Crippen molar-refractivity contribution >= 4 is 35.3 Å². The van der Waals surface area contributed by atoms with Crippen LogP contribution in [0.25, 0.3) is 29.6 Å². The van der Waals surface area contributed by atoms with Crippen molar-refractivity contribution in [1.82, 2.24) is 15.0 Å². The average molecular weight is 425 g/mol. The topological polar surface area (TPSA) is 84.8 Å². The van der Waals surface area contributed by atoms with Crippen molar-refractivity contribution in [1.29, 1.82) is 0 Å². The van der Waals surface area contributed by atoms with Gasteiger partial charge in [-0.2, -0.15) is 0 Å². The molecule has 6 heteroatoms. The number of H-pyrrole nitrogens is 3. The molecular formula is C26H24N4O2. The molecule has 0 amide bonds. The average Bonchev–Trinajstić information content (AvgIpc) is 3.15. The van der Waals surface area contributed by atoms with E-state index >= 15 is 0 Å². The van der Waals surface area contributed by atoms with Crippen LogP contribution in [0.1, 0.15) is 16.8 Å². The fourth-order valence-electron chi connectivity index (χ4n) is 4.39. The first-order valence-electron chi connectivity index (χ1n) is 10.6. The summed E-state index contributed by atoms with van der Waals surface area (Å²) < 4.78 is 0. The summed E-state index contributed by atoms with van der Waals surface area (Å²) in [5.41, 5.74) is 4.96. The van der Waals surface area contributed by atoms with E-state index in [-0.39, 0.29) is 10.7 Å². The van der Waals surface area contributed by atoms with Crippen LogP contribution in [0.5, 0.6) is 0 Å². The maximum absolute atomic E-state index is 12.0. The van der Waals surface area contributed by atoms with Crippen molar-refractivity contribution in [2.75, 3.05) is 18.5 Å². The second kappa shape index (κ2) is 7.89. The Bertz CT molecular complexity index is 1520. The molecule has 1 atom stereocenters. The van der Waals surface area contributed by atoms with Gasteiger partial charge in [-0.1, -0.05) is 43.0 Å². The maximum Gasteiger partial charge on any atom is 0.262 e. The van der Waals surface area contributed by atoms with Gasteiger partial charge in [0.25, 0.3) is 11.1 Å². The van der Waals surface area contributed by atoms with Crippen molar-refractivity contribution in [3.63, 3.8) is 0 Å². The van der Waals surface area contributed by atoms with Gasteiger partial charge in [0.05, 0.1) is 0 Å². The Morgan fingerprint density at radius 3 is 2.50 bits per heavy atom. The highest BCUT2D eigenvalue weighted by molar-refractivity contribution is 5.87. The standard InChI is InChI=1S/C26H24N4O2/c1-16-27-25(31)22(26(32)28-16)13-17-7-10-19(11-8-17)30(2)15-18-9-12-24-21(14-18)20-5-3-4-6-23(20)29-24/h3-13,18,29H,1,14-15H2,2H3,(H,27,31)(H,28,32). The van der Waals surface area contributed by atoms with Crippen LogP contribution in [0.4, 0.5) is 5.69 Å². The van der Waals surface area contributed by atoms with E-state index in [1.54, 1.807) is 6.08 Å². The Morgan fingerprint density at radius 1 is 1.03 bits per heavy atom. The number of anilines is 1. The Balaban J connectivity index is 1.33. The predicted octanol–water partition coefficient (Wildman–Crippen LogP) is 2.11. The molecule has 32 heavy (non-hydrogen) atoms. The number of aromatic nitrogens is 3. The van der Waals surface area contributed by atoms with E-state index in [1.807, 2.05) is 24.3 Å². The lowest BCUT2D eigenvalue weighted by Crippen LogP contribution is -2.47. The van der Waals surface area contributed by atoms with Crippen LogP contribution in [0.2, 0.25) is 0 Å². The van der Waals surface area contributed by atoms with Gasteiger partial charge >= 0.3 is 0 Å². The van der Waals surface area contributed by atoms with Crippen LogP contribution >= 0.6 is 0 Å². The zero-order valence-electron chi connectivity index (χ0n) is 17.8. The molecule has 1 aliphatic carbocycles. The molecule has 0 radical (unpaired) electrons. The van der Waals surface area contributed by atoms with Gasteiger partial charge in [-0.25, -0.2) is 0 Å². The Kier molecular flexibility index (Phi) is 4.90. The molecule has 0 saturated heterocycles. The van der Waals surface area contributed by atoms with E-state index in [0.717, 1.165) is 24.2 Å². The molecule has 6 nitrogen and oxygen atoms in total. The first-order valence-corrected chi connectivity index (χ1v) is 10.6. The van der Waals surface area contributed by atoms with Gasteiger partial charge in [-0.15, -0.1) is 0 Å². The molecule has 3 N–H and O–H groups in total. The summed E-state index contributed by atoms with van der Waals surface area (Å²) in [5.74, 6) is 0.413. The van der Waals surface area contributed by atoms with Gasteiger partial charge in [-0.3, -0.25) is 9.59 Å². The zero-order valence-corrected chi connectivity index (χ0v) is 17.8. The number of fused-ring (bicyclic) bond motifs is 3. The summed E-state index contributed by atoms with van der Waals surface area (Å²) in [4.78, 5) is 34.9. The third kappa shape index (κ3) is 3.71. The minimum absolute atomic E-state index is 0.0698. The molecule has 0 aliphatic heterocycles. The number of nitrogens with one attached hydrogen (secondary N) is 3. The van der Waals surface area contributed by atoms with E-state index in [4.69, 9.17) is 0 Å². The summed E-state index contributed by atoms with van der Waals surface area (Å²) in [6, 6.07) is 16.3. The summed E-state index contributed by atoms with van der Waals surface area (Å²) in [5, 5.41) is 1.37. The molecule has 2 aromatic heterocycles. The van der Waals surface area contributed by atoms with E-state index in [2.05, 4.69) is 69.9 Å². The summed E-state index contributed by atoms with van der Waals surface area (Å²) >= 11 is 0. The van der Waals surface area contributed by atoms with Crippen LogP contribution < -0.4 is 26.7 Å². The lowest BCUT2D eigenvalue weighted by molar-refractivity contribution is 0.634. The molecule has 1 unspecified atom stereocenters. The number of rotatable bonds is 4. The second-order valence-corrected chi connectivity index (χ2v) is 8.30. The number of nitrogens with zero attached hydrogens (tertiary/aromatic N) is 1. The number of hydrogen-bond donors (Lipinski definition) is 3. The van der Waals surface area contributed by atoms with E-state index in [9.17, 15) is 9.59 Å². The molecule has 0 spiro atoms. The Hall–Kier alpha value is -4.06. The SMILES string of the molecule is C=c1[nH]c(=O)c(=Cc2ccc(N(C)CC3C=Cc4[nH]c5ccccc5c4C3)cc2)c(=O)[nH]1.